The van der Waals surface area contributed by atoms with Crippen LogP contribution in [0.1, 0.15) is 80.1 Å². The van der Waals surface area contributed by atoms with E-state index in [0.717, 1.165) is 32.1 Å². The highest BCUT2D eigenvalue weighted by molar-refractivity contribution is 6.35. The molecule has 0 aliphatic heterocycles. The maximum atomic E-state index is 12.7. The Morgan fingerprint density at radius 1 is 1.06 bits per heavy atom. The minimum atomic E-state index is -0.737. The van der Waals surface area contributed by atoms with Gasteiger partial charge in [-0.05, 0) is 60.8 Å². The molecule has 0 bridgehead atoms. The first-order valence-electron chi connectivity index (χ1n) is 12.1. The zero-order valence-electron chi connectivity index (χ0n) is 20.1. The van der Waals surface area contributed by atoms with E-state index in [1.54, 1.807) is 20.8 Å². The number of ether oxygens (including phenoxy) is 1. The molecule has 0 aromatic rings. The van der Waals surface area contributed by atoms with Crippen molar-refractivity contribution in [1.82, 2.24) is 0 Å². The van der Waals surface area contributed by atoms with Crippen molar-refractivity contribution in [3.05, 3.63) is 23.8 Å². The second-order valence-electron chi connectivity index (χ2n) is 11.5. The molecular weight excluding hydrogens is 388 g/mol. The second kappa shape index (κ2) is 9.42. The van der Waals surface area contributed by atoms with Gasteiger partial charge in [-0.15, -0.1) is 0 Å². The molecule has 1 fully saturated rings. The van der Waals surface area contributed by atoms with Crippen molar-refractivity contribution in [3.63, 3.8) is 0 Å². The van der Waals surface area contributed by atoms with Crippen LogP contribution in [0, 0.1) is 40.9 Å². The number of hydrogen-bond acceptors (Lipinski definition) is 4. The lowest BCUT2D eigenvalue weighted by Crippen LogP contribution is -2.43. The van der Waals surface area contributed by atoms with Crippen LogP contribution in [0.15, 0.2) is 23.8 Å². The Balaban J connectivity index is 1.76. The Morgan fingerprint density at radius 3 is 2.42 bits per heavy atom. The lowest BCUT2D eigenvalue weighted by molar-refractivity contribution is -0.164. The summed E-state index contributed by atoms with van der Waals surface area (Å²) in [4.78, 5) is 37.2. The molecule has 0 heterocycles. The van der Waals surface area contributed by atoms with Crippen molar-refractivity contribution in [1.29, 1.82) is 0 Å². The predicted octanol–water partition coefficient (Wildman–Crippen LogP) is 5.70. The number of esters is 1. The molecule has 4 nitrogen and oxygen atoms in total. The Hall–Kier alpha value is -1.71. The maximum absolute atomic E-state index is 12.7. The Kier molecular flexibility index (Phi) is 7.28. The van der Waals surface area contributed by atoms with E-state index in [9.17, 15) is 14.4 Å². The average molecular weight is 429 g/mol. The quantitative estimate of drug-likeness (QED) is 0.416. The monoisotopic (exact) mass is 428 g/mol. The van der Waals surface area contributed by atoms with Crippen molar-refractivity contribution in [2.45, 2.75) is 86.2 Å². The van der Waals surface area contributed by atoms with Crippen LogP contribution in [0.3, 0.4) is 0 Å². The van der Waals surface area contributed by atoms with Crippen LogP contribution in [0.25, 0.3) is 0 Å². The van der Waals surface area contributed by atoms with Crippen LogP contribution in [0.5, 0.6) is 0 Å². The third-order valence-corrected chi connectivity index (χ3v) is 7.46. The van der Waals surface area contributed by atoms with Crippen molar-refractivity contribution in [2.24, 2.45) is 40.9 Å². The predicted molar refractivity (Wildman–Crippen MR) is 122 cm³/mol. The third-order valence-electron chi connectivity index (χ3n) is 7.46. The number of allylic oxidation sites excluding steroid dienone is 3. The highest BCUT2D eigenvalue weighted by Crippen LogP contribution is 2.46. The van der Waals surface area contributed by atoms with Crippen molar-refractivity contribution >= 4 is 17.5 Å². The molecule has 0 saturated heterocycles. The summed E-state index contributed by atoms with van der Waals surface area (Å²) in [6.45, 7) is 11.8. The second-order valence-corrected chi connectivity index (χ2v) is 11.5. The van der Waals surface area contributed by atoms with E-state index in [4.69, 9.17) is 4.74 Å². The number of Topliss-reactive ketones (excluding diaryl/α,β-unsaturated/α-hetero) is 2. The van der Waals surface area contributed by atoms with Gasteiger partial charge in [-0.1, -0.05) is 59.8 Å². The molecule has 3 rings (SSSR count). The summed E-state index contributed by atoms with van der Waals surface area (Å²) < 4.78 is 5.91. The molecule has 0 radical (unpaired) electrons. The Morgan fingerprint density at radius 2 is 1.77 bits per heavy atom. The molecule has 0 amide bonds. The fourth-order valence-electron chi connectivity index (χ4n) is 5.90. The highest BCUT2D eigenvalue weighted by atomic mass is 16.5. The number of fused-ring (bicyclic) bond motifs is 1. The van der Waals surface area contributed by atoms with Crippen LogP contribution in [-0.4, -0.2) is 23.6 Å². The maximum Gasteiger partial charge on any atom is 0.375 e. The first-order chi connectivity index (χ1) is 14.5. The van der Waals surface area contributed by atoms with E-state index in [1.165, 1.54) is 5.57 Å². The van der Waals surface area contributed by atoms with Crippen LogP contribution in [0.4, 0.5) is 0 Å². The minimum absolute atomic E-state index is 0.129. The van der Waals surface area contributed by atoms with Gasteiger partial charge in [0.15, 0.2) is 0 Å². The molecule has 172 valence electrons. The number of rotatable bonds is 5. The molecule has 31 heavy (non-hydrogen) atoms. The highest BCUT2D eigenvalue weighted by Gasteiger charge is 2.43. The first-order valence-corrected chi connectivity index (χ1v) is 12.1. The van der Waals surface area contributed by atoms with Gasteiger partial charge in [0.2, 0.25) is 5.78 Å². The molecule has 0 aromatic heterocycles. The van der Waals surface area contributed by atoms with E-state index < -0.39 is 17.2 Å². The smallest absolute Gasteiger partial charge is 0.375 e. The van der Waals surface area contributed by atoms with E-state index in [2.05, 4.69) is 39.0 Å². The molecule has 1 saturated carbocycles. The molecule has 0 aromatic carbocycles. The number of carbonyl (C=O) groups excluding carboxylic acids is 3. The van der Waals surface area contributed by atoms with Crippen molar-refractivity contribution in [2.75, 3.05) is 0 Å². The van der Waals surface area contributed by atoms with Gasteiger partial charge in [-0.25, -0.2) is 4.79 Å². The normalized spacial score (nSPS) is 35.9. The van der Waals surface area contributed by atoms with E-state index in [0.29, 0.717) is 41.8 Å². The minimum Gasteiger partial charge on any atom is -0.456 e. The summed E-state index contributed by atoms with van der Waals surface area (Å²) in [5, 5.41) is 0. The average Bonchev–Trinajstić information content (AvgIpc) is 2.65. The summed E-state index contributed by atoms with van der Waals surface area (Å²) in [5.74, 6) is 1.38. The lowest BCUT2D eigenvalue weighted by Gasteiger charge is -2.43. The van der Waals surface area contributed by atoms with Crippen molar-refractivity contribution < 1.29 is 19.1 Å². The topological polar surface area (TPSA) is 60.4 Å². The van der Waals surface area contributed by atoms with Crippen LogP contribution < -0.4 is 0 Å². The Labute approximate surface area is 187 Å². The van der Waals surface area contributed by atoms with E-state index in [1.807, 2.05) is 0 Å². The molecule has 0 N–H and O–H groups in total. The molecule has 2 unspecified atom stereocenters. The first kappa shape index (κ1) is 23.9. The van der Waals surface area contributed by atoms with Gasteiger partial charge in [0, 0.05) is 24.2 Å². The molecule has 3 aliphatic rings. The van der Waals surface area contributed by atoms with Gasteiger partial charge >= 0.3 is 5.97 Å². The molecule has 0 spiro atoms. The summed E-state index contributed by atoms with van der Waals surface area (Å²) in [5.41, 5.74) is 0.510. The molecule has 4 heteroatoms. The SMILES string of the molecule is C[C@H]1CC(=O)C[C@H](CCC2C3C(=C[C@H](C)C[C@@H]3OC(=O)C(=O)C(C)(C)C)C=C[C@@H]2C)C1. The van der Waals surface area contributed by atoms with Crippen LogP contribution in [-0.2, 0) is 19.1 Å². The molecular formula is C27H40O4. The number of ketones is 2. The zero-order chi connectivity index (χ0) is 22.9. The van der Waals surface area contributed by atoms with Gasteiger partial charge in [0.25, 0.3) is 0 Å². The third kappa shape index (κ3) is 5.75. The van der Waals surface area contributed by atoms with E-state index in [-0.39, 0.29) is 12.0 Å². The Bertz CT molecular complexity index is 769. The fraction of sp³-hybridized carbons (Fsp3) is 0.741. The summed E-state index contributed by atoms with van der Waals surface area (Å²) in [6, 6.07) is 0. The number of hydrogen-bond donors (Lipinski definition) is 0. The molecule has 3 aliphatic carbocycles. The van der Waals surface area contributed by atoms with Gasteiger partial charge in [0.05, 0.1) is 0 Å². The van der Waals surface area contributed by atoms with Gasteiger partial charge in [-0.2, -0.15) is 0 Å². The molecule has 7 atom stereocenters. The summed E-state index contributed by atoms with van der Waals surface area (Å²) in [6.07, 6.45) is 11.9. The van der Waals surface area contributed by atoms with Gasteiger partial charge in [0.1, 0.15) is 11.9 Å². The standard InChI is InChI=1S/C27H40O4/c1-16-11-19(15-21(28)13-16)8-10-22-18(3)7-9-20-12-17(2)14-23(24(20)22)31-26(30)25(29)27(4,5)6/h7,9,12,16-19,22-24H,8,10-11,13-15H2,1-6H3/t16-,17+,18+,19-,22?,23+,24?/m1/s1. The van der Waals surface area contributed by atoms with Crippen LogP contribution >= 0.6 is 0 Å². The summed E-state index contributed by atoms with van der Waals surface area (Å²) in [7, 11) is 0. The summed E-state index contributed by atoms with van der Waals surface area (Å²) >= 11 is 0. The largest absolute Gasteiger partial charge is 0.456 e. The lowest BCUT2D eigenvalue weighted by atomic mass is 9.64. The fourth-order valence-corrected chi connectivity index (χ4v) is 5.90. The van der Waals surface area contributed by atoms with Crippen LogP contribution in [0.2, 0.25) is 0 Å². The van der Waals surface area contributed by atoms with Crippen molar-refractivity contribution in [3.8, 4) is 0 Å². The van der Waals surface area contributed by atoms with Gasteiger partial charge in [-0.3, -0.25) is 9.59 Å². The zero-order valence-corrected chi connectivity index (χ0v) is 20.1. The number of carbonyl (C=O) groups is 3. The van der Waals surface area contributed by atoms with Gasteiger partial charge < -0.3 is 4.74 Å². The van der Waals surface area contributed by atoms with E-state index >= 15 is 0 Å².